The van der Waals surface area contributed by atoms with E-state index in [1.54, 1.807) is 30.3 Å². The van der Waals surface area contributed by atoms with Crippen molar-refractivity contribution in [3.8, 4) is 11.5 Å². The number of hydrogen-bond acceptors (Lipinski definition) is 10. The minimum Gasteiger partial charge on any atom is -0.493 e. The summed E-state index contributed by atoms with van der Waals surface area (Å²) in [5.74, 6) is -0.421. The van der Waals surface area contributed by atoms with E-state index in [2.05, 4.69) is 0 Å². The molecule has 4 rings (SSSR count). The van der Waals surface area contributed by atoms with Crippen LogP contribution in [0.2, 0.25) is 0 Å². The number of hydrogen-bond donors (Lipinski definition) is 0. The third kappa shape index (κ3) is 6.27. The van der Waals surface area contributed by atoms with E-state index in [1.807, 2.05) is 0 Å². The summed E-state index contributed by atoms with van der Waals surface area (Å²) >= 11 is 0.685. The molecule has 39 heavy (non-hydrogen) atoms. The SMILES string of the molecule is COc1cc(/C=C2/SC(=O)N(CC(=O)c3ccc([N+](=O)[O-])cc3)C2=O)ccc1OCc1ccc([N+](=O)[O-])cc1. The number of carbonyl (C=O) groups is 3. The molecule has 0 saturated carbocycles. The number of non-ortho nitro benzene ring substituents is 2. The van der Waals surface area contributed by atoms with Crippen molar-refractivity contribution in [2.75, 3.05) is 13.7 Å². The number of benzene rings is 3. The summed E-state index contributed by atoms with van der Waals surface area (Å²) in [5.41, 5.74) is 1.18. The topological polar surface area (TPSA) is 159 Å². The molecule has 1 fully saturated rings. The molecule has 2 amide bonds. The molecule has 13 heteroatoms. The maximum atomic E-state index is 12.9. The number of ketones is 1. The van der Waals surface area contributed by atoms with E-state index < -0.39 is 33.3 Å². The van der Waals surface area contributed by atoms with E-state index in [0.717, 1.165) is 4.90 Å². The fourth-order valence-electron chi connectivity index (χ4n) is 3.56. The Morgan fingerprint density at radius 3 is 2.13 bits per heavy atom. The van der Waals surface area contributed by atoms with Crippen LogP contribution in [0.15, 0.2) is 71.6 Å². The van der Waals surface area contributed by atoms with Crippen LogP contribution in [-0.4, -0.2) is 45.3 Å². The number of nitro benzene ring substituents is 2. The first-order valence-electron chi connectivity index (χ1n) is 11.2. The van der Waals surface area contributed by atoms with Gasteiger partial charge in [-0.25, -0.2) is 0 Å². The van der Waals surface area contributed by atoms with E-state index in [4.69, 9.17) is 9.47 Å². The number of Topliss-reactive ketones (excluding diaryl/α,β-unsaturated/α-hetero) is 1. The van der Waals surface area contributed by atoms with Crippen LogP contribution in [0.3, 0.4) is 0 Å². The summed E-state index contributed by atoms with van der Waals surface area (Å²) in [4.78, 5) is 59.3. The van der Waals surface area contributed by atoms with Crippen LogP contribution in [0, 0.1) is 20.2 Å². The molecule has 0 unspecified atom stereocenters. The largest absolute Gasteiger partial charge is 0.493 e. The molecule has 0 aromatic heterocycles. The van der Waals surface area contributed by atoms with Crippen molar-refractivity contribution >= 4 is 46.1 Å². The van der Waals surface area contributed by atoms with Gasteiger partial charge in [0.1, 0.15) is 6.61 Å². The zero-order chi connectivity index (χ0) is 28.1. The number of rotatable bonds is 10. The number of amides is 2. The monoisotopic (exact) mass is 549 g/mol. The van der Waals surface area contributed by atoms with Crippen LogP contribution in [0.4, 0.5) is 16.2 Å². The number of imide groups is 1. The second-order valence-corrected chi connectivity index (χ2v) is 9.11. The summed E-state index contributed by atoms with van der Waals surface area (Å²) in [7, 11) is 1.44. The summed E-state index contributed by atoms with van der Waals surface area (Å²) in [6, 6.07) is 15.7. The molecule has 0 spiro atoms. The molecular formula is C26H19N3O9S. The Kier molecular flexibility index (Phi) is 8.01. The van der Waals surface area contributed by atoms with Gasteiger partial charge in [-0.2, -0.15) is 0 Å². The zero-order valence-electron chi connectivity index (χ0n) is 20.3. The quantitative estimate of drug-likeness (QED) is 0.146. The summed E-state index contributed by atoms with van der Waals surface area (Å²) in [5, 5.41) is 21.0. The molecule has 3 aromatic rings. The normalized spacial score (nSPS) is 14.0. The average molecular weight is 550 g/mol. The molecule has 0 radical (unpaired) electrons. The zero-order valence-corrected chi connectivity index (χ0v) is 21.1. The van der Waals surface area contributed by atoms with Crippen LogP contribution < -0.4 is 9.47 Å². The van der Waals surface area contributed by atoms with Gasteiger partial charge in [0, 0.05) is 29.8 Å². The van der Waals surface area contributed by atoms with Crippen molar-refractivity contribution in [2.45, 2.75) is 6.61 Å². The molecule has 0 bridgehead atoms. The number of carbonyl (C=O) groups excluding carboxylic acids is 3. The van der Waals surface area contributed by atoms with Gasteiger partial charge >= 0.3 is 0 Å². The van der Waals surface area contributed by atoms with Crippen molar-refractivity contribution in [3.05, 3.63) is 109 Å². The molecule has 1 saturated heterocycles. The highest BCUT2D eigenvalue weighted by atomic mass is 32.2. The highest BCUT2D eigenvalue weighted by Gasteiger charge is 2.36. The van der Waals surface area contributed by atoms with E-state index in [9.17, 15) is 34.6 Å². The van der Waals surface area contributed by atoms with Gasteiger partial charge in [-0.1, -0.05) is 6.07 Å². The van der Waals surface area contributed by atoms with Crippen molar-refractivity contribution in [1.29, 1.82) is 0 Å². The van der Waals surface area contributed by atoms with Crippen molar-refractivity contribution in [3.63, 3.8) is 0 Å². The molecule has 3 aromatic carbocycles. The van der Waals surface area contributed by atoms with Gasteiger partial charge in [0.15, 0.2) is 17.3 Å². The van der Waals surface area contributed by atoms with Gasteiger partial charge in [-0.3, -0.25) is 39.5 Å². The van der Waals surface area contributed by atoms with Gasteiger partial charge < -0.3 is 9.47 Å². The lowest BCUT2D eigenvalue weighted by Gasteiger charge is -2.12. The number of methoxy groups -OCH3 is 1. The van der Waals surface area contributed by atoms with E-state index in [0.29, 0.717) is 34.4 Å². The number of nitrogens with zero attached hydrogens (tertiary/aromatic N) is 3. The highest BCUT2D eigenvalue weighted by Crippen LogP contribution is 2.35. The molecular weight excluding hydrogens is 530 g/mol. The first kappa shape index (κ1) is 27.0. The lowest BCUT2D eigenvalue weighted by molar-refractivity contribution is -0.385. The third-order valence-corrected chi connectivity index (χ3v) is 6.51. The second-order valence-electron chi connectivity index (χ2n) is 8.12. The van der Waals surface area contributed by atoms with Crippen LogP contribution in [0.1, 0.15) is 21.5 Å². The molecule has 0 N–H and O–H groups in total. The third-order valence-electron chi connectivity index (χ3n) is 5.60. The molecule has 198 valence electrons. The summed E-state index contributed by atoms with van der Waals surface area (Å²) < 4.78 is 11.2. The maximum Gasteiger partial charge on any atom is 0.293 e. The van der Waals surface area contributed by atoms with Crippen molar-refractivity contribution in [2.24, 2.45) is 0 Å². The van der Waals surface area contributed by atoms with Crippen LogP contribution in [0.25, 0.3) is 6.08 Å². The summed E-state index contributed by atoms with van der Waals surface area (Å²) in [6.45, 7) is -0.367. The fraction of sp³-hybridized carbons (Fsp3) is 0.115. The second kappa shape index (κ2) is 11.6. The van der Waals surface area contributed by atoms with E-state index >= 15 is 0 Å². The highest BCUT2D eigenvalue weighted by molar-refractivity contribution is 8.18. The predicted molar refractivity (Wildman–Crippen MR) is 141 cm³/mol. The first-order chi connectivity index (χ1) is 18.7. The molecule has 1 heterocycles. The van der Waals surface area contributed by atoms with Gasteiger partial charge in [0.25, 0.3) is 22.5 Å². The van der Waals surface area contributed by atoms with Gasteiger partial charge in [-0.15, -0.1) is 0 Å². The lowest BCUT2D eigenvalue weighted by atomic mass is 10.1. The fourth-order valence-corrected chi connectivity index (χ4v) is 4.40. The Morgan fingerprint density at radius 1 is 0.923 bits per heavy atom. The molecule has 1 aliphatic heterocycles. The Morgan fingerprint density at radius 2 is 1.54 bits per heavy atom. The molecule has 0 atom stereocenters. The lowest BCUT2D eigenvalue weighted by Crippen LogP contribution is -2.33. The molecule has 12 nitrogen and oxygen atoms in total. The maximum absolute atomic E-state index is 12.9. The Hall–Kier alpha value is -5.04. The number of thioether (sulfide) groups is 1. The Bertz CT molecular complexity index is 1500. The van der Waals surface area contributed by atoms with Gasteiger partial charge in [0.05, 0.1) is 28.4 Å². The van der Waals surface area contributed by atoms with Gasteiger partial charge in [0.2, 0.25) is 0 Å². The van der Waals surface area contributed by atoms with Crippen LogP contribution in [0.5, 0.6) is 11.5 Å². The van der Waals surface area contributed by atoms with E-state index in [1.165, 1.54) is 49.6 Å². The van der Waals surface area contributed by atoms with Crippen LogP contribution in [-0.2, 0) is 11.4 Å². The average Bonchev–Trinajstić information content (AvgIpc) is 3.19. The predicted octanol–water partition coefficient (Wildman–Crippen LogP) is 5.01. The standard InChI is InChI=1S/C26H19N3O9S/c1-37-23-12-17(4-11-22(23)38-15-16-2-7-19(8-3-16)28(33)34)13-24-25(31)27(26(32)39-24)14-21(30)18-5-9-20(10-6-18)29(35)36/h2-13H,14-15H2,1H3/b24-13+. The number of ether oxygens (including phenoxy) is 2. The van der Waals surface area contributed by atoms with Gasteiger partial charge in [-0.05, 0) is 65.4 Å². The van der Waals surface area contributed by atoms with Crippen molar-refractivity contribution < 1.29 is 33.7 Å². The van der Waals surface area contributed by atoms with E-state index in [-0.39, 0.29) is 28.5 Å². The minimum atomic E-state index is -0.641. The molecule has 1 aliphatic rings. The first-order valence-corrected chi connectivity index (χ1v) is 12.0. The summed E-state index contributed by atoms with van der Waals surface area (Å²) in [6.07, 6.45) is 1.49. The van der Waals surface area contributed by atoms with Crippen LogP contribution >= 0.6 is 11.8 Å². The Balaban J connectivity index is 1.43. The Labute approximate surface area is 225 Å². The van der Waals surface area contributed by atoms with Crippen molar-refractivity contribution in [1.82, 2.24) is 4.90 Å². The molecule has 0 aliphatic carbocycles. The minimum absolute atomic E-state index is 0.0270. The smallest absolute Gasteiger partial charge is 0.293 e. The number of nitro groups is 2.